The van der Waals surface area contributed by atoms with E-state index in [2.05, 4.69) is 0 Å². The number of ether oxygens (including phenoxy) is 1. The molecular formula is C22H23FN2O3. The summed E-state index contributed by atoms with van der Waals surface area (Å²) < 4.78 is 19.2. The van der Waals surface area contributed by atoms with Crippen molar-refractivity contribution < 1.29 is 18.7 Å². The summed E-state index contributed by atoms with van der Waals surface area (Å²) in [6.07, 6.45) is 1.58. The van der Waals surface area contributed by atoms with E-state index >= 15 is 0 Å². The van der Waals surface area contributed by atoms with Crippen LogP contribution in [0.3, 0.4) is 0 Å². The highest BCUT2D eigenvalue weighted by molar-refractivity contribution is 5.96. The van der Waals surface area contributed by atoms with Crippen LogP contribution in [-0.2, 0) is 9.53 Å². The summed E-state index contributed by atoms with van der Waals surface area (Å²) in [4.78, 5) is 28.8. The molecular weight excluding hydrogens is 359 g/mol. The highest BCUT2D eigenvalue weighted by atomic mass is 19.1. The molecule has 2 fully saturated rings. The third-order valence-electron chi connectivity index (χ3n) is 5.51. The smallest absolute Gasteiger partial charge is 0.253 e. The molecule has 0 aliphatic carbocycles. The zero-order valence-corrected chi connectivity index (χ0v) is 15.9. The van der Waals surface area contributed by atoms with Gasteiger partial charge in [-0.1, -0.05) is 17.7 Å². The van der Waals surface area contributed by atoms with Gasteiger partial charge in [0.05, 0.1) is 13.1 Å². The number of aryl methyl sites for hydroxylation is 1. The lowest BCUT2D eigenvalue weighted by Crippen LogP contribution is -2.62. The third kappa shape index (κ3) is 3.64. The van der Waals surface area contributed by atoms with Crippen LogP contribution in [0.5, 0.6) is 0 Å². The molecule has 2 aliphatic heterocycles. The monoisotopic (exact) mass is 382 g/mol. The molecule has 1 atom stereocenters. The molecule has 2 heterocycles. The first-order chi connectivity index (χ1) is 13.5. The number of nitrogens with zero attached hydrogens (tertiary/aromatic N) is 2. The number of carbonyl (C=O) groups excluding carboxylic acids is 2. The van der Waals surface area contributed by atoms with Crippen LogP contribution in [-0.4, -0.2) is 48.6 Å². The molecule has 28 heavy (non-hydrogen) atoms. The molecule has 0 N–H and O–H groups in total. The Hall–Kier alpha value is -2.73. The van der Waals surface area contributed by atoms with E-state index in [-0.39, 0.29) is 24.2 Å². The highest BCUT2D eigenvalue weighted by Crippen LogP contribution is 2.32. The van der Waals surface area contributed by atoms with Crippen molar-refractivity contribution in [3.05, 3.63) is 65.5 Å². The number of piperidine rings is 1. The van der Waals surface area contributed by atoms with E-state index in [0.29, 0.717) is 30.9 Å². The Morgan fingerprint density at radius 3 is 2.50 bits per heavy atom. The SMILES string of the molecule is Cc1ccc(C(=O)N2CCCC3(C2)CN(c2ccc(F)cc2)C(=O)CO3)cc1. The van der Waals surface area contributed by atoms with Crippen molar-refractivity contribution >= 4 is 17.5 Å². The van der Waals surface area contributed by atoms with Gasteiger partial charge in [-0.2, -0.15) is 0 Å². The Balaban J connectivity index is 1.53. The molecule has 0 bridgehead atoms. The van der Waals surface area contributed by atoms with Gasteiger partial charge in [0.2, 0.25) is 0 Å². The van der Waals surface area contributed by atoms with Gasteiger partial charge in [0, 0.05) is 17.8 Å². The number of rotatable bonds is 2. The minimum atomic E-state index is -0.596. The molecule has 2 amide bonds. The van der Waals surface area contributed by atoms with Gasteiger partial charge in [0.15, 0.2) is 0 Å². The van der Waals surface area contributed by atoms with E-state index < -0.39 is 5.60 Å². The second-order valence-corrected chi connectivity index (χ2v) is 7.62. The van der Waals surface area contributed by atoms with Crippen molar-refractivity contribution in [2.45, 2.75) is 25.4 Å². The molecule has 2 aromatic carbocycles. The molecule has 1 unspecified atom stereocenters. The van der Waals surface area contributed by atoms with Crippen molar-refractivity contribution in [2.24, 2.45) is 0 Å². The zero-order valence-electron chi connectivity index (χ0n) is 15.9. The average Bonchev–Trinajstić information content (AvgIpc) is 2.71. The maximum atomic E-state index is 13.3. The van der Waals surface area contributed by atoms with E-state index in [1.54, 1.807) is 17.0 Å². The van der Waals surface area contributed by atoms with Gasteiger partial charge in [-0.15, -0.1) is 0 Å². The molecule has 2 aromatic rings. The van der Waals surface area contributed by atoms with E-state index in [9.17, 15) is 14.0 Å². The molecule has 0 radical (unpaired) electrons. The fourth-order valence-corrected chi connectivity index (χ4v) is 3.97. The van der Waals surface area contributed by atoms with Crippen LogP contribution >= 0.6 is 0 Å². The minimum Gasteiger partial charge on any atom is -0.361 e. The number of amides is 2. The third-order valence-corrected chi connectivity index (χ3v) is 5.51. The van der Waals surface area contributed by atoms with Crippen LogP contribution < -0.4 is 4.90 Å². The number of benzene rings is 2. The number of halogens is 1. The Kier molecular flexibility index (Phi) is 4.89. The van der Waals surface area contributed by atoms with Crippen LogP contribution in [0.25, 0.3) is 0 Å². The number of morpholine rings is 1. The summed E-state index contributed by atoms with van der Waals surface area (Å²) in [7, 11) is 0. The van der Waals surface area contributed by atoms with Crippen molar-refractivity contribution in [1.29, 1.82) is 0 Å². The Bertz CT molecular complexity index is 882. The molecule has 2 saturated heterocycles. The molecule has 4 rings (SSSR count). The summed E-state index contributed by atoms with van der Waals surface area (Å²) in [5.41, 5.74) is 1.82. The second kappa shape index (κ2) is 7.36. The van der Waals surface area contributed by atoms with Gasteiger partial charge in [0.25, 0.3) is 11.8 Å². The topological polar surface area (TPSA) is 49.9 Å². The van der Waals surface area contributed by atoms with E-state index in [4.69, 9.17) is 4.74 Å². The van der Waals surface area contributed by atoms with Gasteiger partial charge in [-0.05, 0) is 56.2 Å². The summed E-state index contributed by atoms with van der Waals surface area (Å²) in [5, 5.41) is 0. The quantitative estimate of drug-likeness (QED) is 0.802. The first-order valence-electron chi connectivity index (χ1n) is 9.52. The number of carbonyl (C=O) groups is 2. The van der Waals surface area contributed by atoms with Gasteiger partial charge < -0.3 is 14.5 Å². The number of hydrogen-bond donors (Lipinski definition) is 0. The predicted octanol–water partition coefficient (Wildman–Crippen LogP) is 3.17. The number of anilines is 1. The fourth-order valence-electron chi connectivity index (χ4n) is 3.97. The van der Waals surface area contributed by atoms with Gasteiger partial charge in [-0.3, -0.25) is 9.59 Å². The van der Waals surface area contributed by atoms with Gasteiger partial charge in [-0.25, -0.2) is 4.39 Å². The van der Waals surface area contributed by atoms with Crippen molar-refractivity contribution in [3.8, 4) is 0 Å². The molecule has 5 nitrogen and oxygen atoms in total. The van der Waals surface area contributed by atoms with Crippen LogP contribution in [0.1, 0.15) is 28.8 Å². The Morgan fingerprint density at radius 1 is 1.07 bits per heavy atom. The number of hydrogen-bond acceptors (Lipinski definition) is 3. The molecule has 0 saturated carbocycles. The lowest BCUT2D eigenvalue weighted by molar-refractivity contribution is -0.144. The Morgan fingerprint density at radius 2 is 1.79 bits per heavy atom. The standard InChI is InChI=1S/C22H23FN2O3/c1-16-3-5-17(6-4-16)21(27)24-12-2-11-22(14-24)15-25(20(26)13-28-22)19-9-7-18(23)8-10-19/h3-10H,2,11-15H2,1H3. The zero-order chi connectivity index (χ0) is 19.7. The van der Waals surface area contributed by atoms with Crippen molar-refractivity contribution in [3.63, 3.8) is 0 Å². The maximum Gasteiger partial charge on any atom is 0.253 e. The van der Waals surface area contributed by atoms with Crippen LogP contribution in [0.2, 0.25) is 0 Å². The number of likely N-dealkylation sites (tertiary alicyclic amines) is 1. The van der Waals surface area contributed by atoms with Gasteiger partial charge >= 0.3 is 0 Å². The maximum absolute atomic E-state index is 13.3. The van der Waals surface area contributed by atoms with E-state index in [1.165, 1.54) is 12.1 Å². The van der Waals surface area contributed by atoms with Crippen LogP contribution in [0, 0.1) is 12.7 Å². The molecule has 0 aromatic heterocycles. The molecule has 146 valence electrons. The molecule has 1 spiro atoms. The van der Waals surface area contributed by atoms with Crippen molar-refractivity contribution in [1.82, 2.24) is 4.90 Å². The minimum absolute atomic E-state index is 0.0205. The van der Waals surface area contributed by atoms with Crippen molar-refractivity contribution in [2.75, 3.05) is 31.1 Å². The first kappa shape index (κ1) is 18.6. The van der Waals surface area contributed by atoms with Crippen LogP contribution in [0.4, 0.5) is 10.1 Å². The predicted molar refractivity (Wildman–Crippen MR) is 104 cm³/mol. The first-order valence-corrected chi connectivity index (χ1v) is 9.52. The lowest BCUT2D eigenvalue weighted by Gasteiger charge is -2.47. The van der Waals surface area contributed by atoms with E-state index in [0.717, 1.165) is 18.4 Å². The normalized spacial score (nSPS) is 22.6. The molecule has 6 heteroatoms. The van der Waals surface area contributed by atoms with Gasteiger partial charge in [0.1, 0.15) is 18.0 Å². The largest absolute Gasteiger partial charge is 0.361 e. The van der Waals surface area contributed by atoms with E-state index in [1.807, 2.05) is 36.1 Å². The average molecular weight is 382 g/mol. The summed E-state index contributed by atoms with van der Waals surface area (Å²) >= 11 is 0. The fraction of sp³-hybridized carbons (Fsp3) is 0.364. The summed E-state index contributed by atoms with van der Waals surface area (Å²) in [6, 6.07) is 13.4. The highest BCUT2D eigenvalue weighted by Gasteiger charge is 2.44. The molecule has 2 aliphatic rings. The van der Waals surface area contributed by atoms with Crippen LogP contribution in [0.15, 0.2) is 48.5 Å². The second-order valence-electron chi connectivity index (χ2n) is 7.62. The summed E-state index contributed by atoms with van der Waals surface area (Å²) in [6.45, 7) is 3.41. The summed E-state index contributed by atoms with van der Waals surface area (Å²) in [5.74, 6) is -0.515. The Labute approximate surface area is 163 Å². The lowest BCUT2D eigenvalue weighted by atomic mass is 9.90.